The molecule has 1 aromatic carbocycles. The maximum absolute atomic E-state index is 12.9. The second-order valence-corrected chi connectivity index (χ2v) is 3.94. The molecule has 0 atom stereocenters. The zero-order valence-electron chi connectivity index (χ0n) is 11.1. The second-order valence-electron chi connectivity index (χ2n) is 3.94. The molecule has 0 aliphatic carbocycles. The highest BCUT2D eigenvalue weighted by molar-refractivity contribution is 6.74. The molecule has 0 aliphatic heterocycles. The minimum atomic E-state index is -1.92. The van der Waals surface area contributed by atoms with Crippen LogP contribution in [0.2, 0.25) is 0 Å². The van der Waals surface area contributed by atoms with Gasteiger partial charge in [-0.15, -0.1) is 0 Å². The van der Waals surface area contributed by atoms with Crippen molar-refractivity contribution in [3.05, 3.63) is 53.8 Å². The highest BCUT2D eigenvalue weighted by Gasteiger charge is 2.17. The molecule has 0 saturated carbocycles. The molecular weight excluding hydrogens is 244 g/mol. The first kappa shape index (κ1) is 15.0. The van der Waals surface area contributed by atoms with Crippen molar-refractivity contribution in [3.8, 4) is 5.75 Å². The summed E-state index contributed by atoms with van der Waals surface area (Å²) in [5.74, 6) is 0.390. The van der Waals surface area contributed by atoms with Crippen molar-refractivity contribution in [2.45, 2.75) is 13.3 Å². The summed E-state index contributed by atoms with van der Waals surface area (Å²) in [4.78, 5) is 10.3. The van der Waals surface area contributed by atoms with Crippen molar-refractivity contribution in [2.75, 3.05) is 7.05 Å². The van der Waals surface area contributed by atoms with Gasteiger partial charge in [-0.2, -0.15) is 0 Å². The quantitative estimate of drug-likeness (QED) is 0.465. The first-order valence-electron chi connectivity index (χ1n) is 6.02. The summed E-state index contributed by atoms with van der Waals surface area (Å²) in [5.41, 5.74) is 1.88. The van der Waals surface area contributed by atoms with Crippen LogP contribution in [0.15, 0.2) is 48.2 Å². The number of hydrogen-bond donors (Lipinski definition) is 1. The van der Waals surface area contributed by atoms with Crippen molar-refractivity contribution in [3.63, 3.8) is 0 Å². The Balaban J connectivity index is 2.70. The molecular formula is C14H17BFNO2. The number of nitrogens with one attached hydrogen (secondary N) is 1. The van der Waals surface area contributed by atoms with Gasteiger partial charge in [0.25, 0.3) is 0 Å². The van der Waals surface area contributed by atoms with Gasteiger partial charge >= 0.3 is 7.19 Å². The SMILES string of the molecule is CN/C(C)=C\C=C/Cc1ccccc1OB(F)C=O. The fraction of sp³-hybridized carbons (Fsp3) is 0.214. The van der Waals surface area contributed by atoms with Gasteiger partial charge in [0.15, 0.2) is 6.19 Å². The van der Waals surface area contributed by atoms with Crippen molar-refractivity contribution in [1.29, 1.82) is 0 Å². The Kier molecular flexibility index (Phi) is 6.43. The molecule has 0 unspecified atom stereocenters. The zero-order chi connectivity index (χ0) is 14.1. The lowest BCUT2D eigenvalue weighted by atomic mass is 9.98. The third-order valence-electron chi connectivity index (χ3n) is 2.53. The summed E-state index contributed by atoms with van der Waals surface area (Å²) in [5, 5.41) is 3.01. The lowest BCUT2D eigenvalue weighted by molar-refractivity contribution is 0.498. The second kappa shape index (κ2) is 8.13. The Labute approximate surface area is 113 Å². The van der Waals surface area contributed by atoms with Gasteiger partial charge < -0.3 is 14.8 Å². The highest BCUT2D eigenvalue weighted by Crippen LogP contribution is 2.19. The van der Waals surface area contributed by atoms with E-state index in [9.17, 15) is 9.11 Å². The van der Waals surface area contributed by atoms with E-state index >= 15 is 0 Å². The van der Waals surface area contributed by atoms with E-state index in [1.54, 1.807) is 12.1 Å². The third kappa shape index (κ3) is 5.42. The van der Waals surface area contributed by atoms with E-state index in [2.05, 4.69) is 5.32 Å². The predicted molar refractivity (Wildman–Crippen MR) is 76.3 cm³/mol. The number of carbonyl (C=O) groups excluding carboxylic acids is 1. The third-order valence-corrected chi connectivity index (χ3v) is 2.53. The molecule has 5 heteroatoms. The molecule has 1 rings (SSSR count). The van der Waals surface area contributed by atoms with Gasteiger partial charge in [0, 0.05) is 12.7 Å². The van der Waals surface area contributed by atoms with Crippen molar-refractivity contribution < 1.29 is 13.8 Å². The van der Waals surface area contributed by atoms with Crippen LogP contribution >= 0.6 is 0 Å². The highest BCUT2D eigenvalue weighted by atomic mass is 19.1. The largest absolute Gasteiger partial charge is 0.636 e. The Bertz CT molecular complexity index is 474. The Hall–Kier alpha value is -2.04. The molecule has 100 valence electrons. The number of halogens is 1. The maximum atomic E-state index is 12.9. The molecule has 0 saturated heterocycles. The number of para-hydroxylation sites is 1. The normalized spacial score (nSPS) is 11.4. The number of rotatable bonds is 7. The molecule has 0 radical (unpaired) electrons. The van der Waals surface area contributed by atoms with E-state index in [0.717, 1.165) is 11.3 Å². The predicted octanol–water partition coefficient (Wildman–Crippen LogP) is 2.52. The van der Waals surface area contributed by atoms with E-state index in [4.69, 9.17) is 4.65 Å². The molecule has 0 aromatic heterocycles. The molecule has 0 spiro atoms. The van der Waals surface area contributed by atoms with Gasteiger partial charge in [-0.1, -0.05) is 30.4 Å². The zero-order valence-corrected chi connectivity index (χ0v) is 11.1. The van der Waals surface area contributed by atoms with Crippen LogP contribution in [0.4, 0.5) is 4.32 Å². The van der Waals surface area contributed by atoms with E-state index < -0.39 is 7.19 Å². The topological polar surface area (TPSA) is 38.3 Å². The van der Waals surface area contributed by atoms with Crippen LogP contribution in [0, 0.1) is 0 Å². The van der Waals surface area contributed by atoms with Crippen molar-refractivity contribution >= 4 is 13.4 Å². The summed E-state index contributed by atoms with van der Waals surface area (Å²) >= 11 is 0. The molecule has 0 bridgehead atoms. The van der Waals surface area contributed by atoms with Gasteiger partial charge in [0.2, 0.25) is 0 Å². The van der Waals surface area contributed by atoms with Gasteiger partial charge in [-0.25, -0.2) is 0 Å². The average molecular weight is 261 g/mol. The fourth-order valence-corrected chi connectivity index (χ4v) is 1.43. The lowest BCUT2D eigenvalue weighted by Crippen LogP contribution is -2.18. The van der Waals surface area contributed by atoms with Crippen LogP contribution in [0.3, 0.4) is 0 Å². The summed E-state index contributed by atoms with van der Waals surface area (Å²) in [7, 11) is -0.0690. The number of allylic oxidation sites excluding steroid dienone is 4. The lowest BCUT2D eigenvalue weighted by Gasteiger charge is -2.08. The summed E-state index contributed by atoms with van der Waals surface area (Å²) in [6.45, 7) is 1.96. The maximum Gasteiger partial charge on any atom is 0.636 e. The first-order valence-corrected chi connectivity index (χ1v) is 6.02. The van der Waals surface area contributed by atoms with E-state index in [-0.39, 0.29) is 6.19 Å². The van der Waals surface area contributed by atoms with Crippen LogP contribution in [-0.2, 0) is 11.2 Å². The minimum absolute atomic E-state index is 0.131. The fourth-order valence-electron chi connectivity index (χ4n) is 1.43. The van der Waals surface area contributed by atoms with Crippen molar-refractivity contribution in [2.24, 2.45) is 0 Å². The van der Waals surface area contributed by atoms with Gasteiger partial charge in [0.1, 0.15) is 5.75 Å². The summed E-state index contributed by atoms with van der Waals surface area (Å²) < 4.78 is 17.8. The molecule has 19 heavy (non-hydrogen) atoms. The first-order chi connectivity index (χ1) is 9.17. The summed E-state index contributed by atoms with van der Waals surface area (Å²) in [6, 6.07) is 7.07. The van der Waals surface area contributed by atoms with E-state index in [1.165, 1.54) is 0 Å². The molecule has 1 aromatic rings. The van der Waals surface area contributed by atoms with Crippen LogP contribution in [0.1, 0.15) is 12.5 Å². The molecule has 0 aliphatic rings. The van der Waals surface area contributed by atoms with Crippen LogP contribution in [-0.4, -0.2) is 20.4 Å². The number of hydrogen-bond acceptors (Lipinski definition) is 3. The molecule has 1 N–H and O–H groups in total. The van der Waals surface area contributed by atoms with Gasteiger partial charge in [0.05, 0.1) is 0 Å². The van der Waals surface area contributed by atoms with Gasteiger partial charge in [-0.05, 0) is 31.1 Å². The van der Waals surface area contributed by atoms with E-state index in [0.29, 0.717) is 12.2 Å². The standard InChI is InChI=1S/C14H17BFNO2/c1-12(17-2)7-3-4-8-13-9-5-6-10-14(13)19-15(16)11-18/h3-7,9-11,17H,8H2,1-2H3/b4-3-,12-7-. The summed E-state index contributed by atoms with van der Waals surface area (Å²) in [6.07, 6.45) is 6.53. The minimum Gasteiger partial charge on any atom is -0.527 e. The van der Waals surface area contributed by atoms with Crippen LogP contribution in [0.25, 0.3) is 0 Å². The van der Waals surface area contributed by atoms with Gasteiger partial charge in [-0.3, -0.25) is 4.32 Å². The Morgan fingerprint density at radius 1 is 1.47 bits per heavy atom. The Morgan fingerprint density at radius 2 is 2.21 bits per heavy atom. The monoisotopic (exact) mass is 261 g/mol. The number of benzene rings is 1. The average Bonchev–Trinajstić information content (AvgIpc) is 2.44. The smallest absolute Gasteiger partial charge is 0.527 e. The Morgan fingerprint density at radius 3 is 2.89 bits per heavy atom. The number of carbonyl (C=O) groups is 1. The molecule has 3 nitrogen and oxygen atoms in total. The van der Waals surface area contributed by atoms with E-state index in [1.807, 2.05) is 44.3 Å². The molecule has 0 heterocycles. The van der Waals surface area contributed by atoms with Crippen LogP contribution < -0.4 is 9.97 Å². The van der Waals surface area contributed by atoms with Crippen molar-refractivity contribution in [1.82, 2.24) is 5.32 Å². The molecule has 0 amide bonds. The van der Waals surface area contributed by atoms with Crippen LogP contribution in [0.5, 0.6) is 5.75 Å². The molecule has 0 fully saturated rings.